The van der Waals surface area contributed by atoms with Crippen LogP contribution in [0.5, 0.6) is 0 Å². The minimum atomic E-state index is -0.280. The molecule has 0 radical (unpaired) electrons. The van der Waals surface area contributed by atoms with Crippen LogP contribution in [0.4, 0.5) is 4.39 Å². The highest BCUT2D eigenvalue weighted by molar-refractivity contribution is 5.37. The maximum atomic E-state index is 13.0. The summed E-state index contributed by atoms with van der Waals surface area (Å²) in [6.07, 6.45) is 2.36. The van der Waals surface area contributed by atoms with E-state index in [1.54, 1.807) is 0 Å². The van der Waals surface area contributed by atoms with Crippen LogP contribution in [0.3, 0.4) is 0 Å². The van der Waals surface area contributed by atoms with Gasteiger partial charge in [-0.15, -0.1) is 0 Å². The Bertz CT molecular complexity index is 416. The van der Waals surface area contributed by atoms with Gasteiger partial charge in [0.05, 0.1) is 11.6 Å². The van der Waals surface area contributed by atoms with Crippen LogP contribution in [0.25, 0.3) is 0 Å². The van der Waals surface area contributed by atoms with Crippen LogP contribution < -0.4 is 5.32 Å². The van der Waals surface area contributed by atoms with E-state index in [0.717, 1.165) is 11.5 Å². The molecule has 0 amide bonds. The molecule has 1 saturated carbocycles. The van der Waals surface area contributed by atoms with E-state index in [1.807, 2.05) is 0 Å². The minimum absolute atomic E-state index is 0.280. The summed E-state index contributed by atoms with van der Waals surface area (Å²) in [6, 6.07) is 6.92. The molecule has 0 unspecified atom stereocenters. The van der Waals surface area contributed by atoms with Crippen molar-refractivity contribution in [3.05, 3.63) is 35.1 Å². The second kappa shape index (κ2) is 4.63. The first-order valence-electron chi connectivity index (χ1n) is 5.61. The second-order valence-electron chi connectivity index (χ2n) is 4.57. The predicted octanol–water partition coefficient (Wildman–Crippen LogP) is 2.59. The molecule has 2 nitrogen and oxygen atoms in total. The Morgan fingerprint density at radius 2 is 2.25 bits per heavy atom. The maximum Gasteiger partial charge on any atom is 0.123 e. The Kier molecular flexibility index (Phi) is 3.21. The lowest BCUT2D eigenvalue weighted by atomic mass is 9.82. The molecule has 0 heterocycles. The topological polar surface area (TPSA) is 35.8 Å². The summed E-state index contributed by atoms with van der Waals surface area (Å²) < 4.78 is 13.0. The Hall–Kier alpha value is -1.40. The first-order valence-corrected chi connectivity index (χ1v) is 5.61. The lowest BCUT2D eigenvalue weighted by molar-refractivity contribution is 0.240. The SMILES string of the molecule is CC1CC(NCc2cc(F)ccc2C#N)C1. The average molecular weight is 218 g/mol. The highest BCUT2D eigenvalue weighted by Crippen LogP contribution is 2.26. The predicted molar refractivity (Wildman–Crippen MR) is 60.1 cm³/mol. The molecular weight excluding hydrogens is 203 g/mol. The molecular formula is C13H15FN2. The zero-order valence-corrected chi connectivity index (χ0v) is 9.33. The van der Waals surface area contributed by atoms with Gasteiger partial charge in [-0.25, -0.2) is 4.39 Å². The van der Waals surface area contributed by atoms with E-state index in [1.165, 1.54) is 31.0 Å². The van der Waals surface area contributed by atoms with Gasteiger partial charge in [0.2, 0.25) is 0 Å². The molecule has 1 aromatic carbocycles. The number of benzene rings is 1. The van der Waals surface area contributed by atoms with Crippen LogP contribution in [-0.2, 0) is 6.54 Å². The van der Waals surface area contributed by atoms with Gasteiger partial charge in [0, 0.05) is 12.6 Å². The molecule has 0 aliphatic heterocycles. The van der Waals surface area contributed by atoms with Crippen molar-refractivity contribution in [3.63, 3.8) is 0 Å². The lowest BCUT2D eigenvalue weighted by Crippen LogP contribution is -2.39. The van der Waals surface area contributed by atoms with Crippen LogP contribution >= 0.6 is 0 Å². The quantitative estimate of drug-likeness (QED) is 0.846. The summed E-state index contributed by atoms with van der Waals surface area (Å²) in [7, 11) is 0. The fourth-order valence-corrected chi connectivity index (χ4v) is 2.14. The van der Waals surface area contributed by atoms with Crippen LogP contribution in [-0.4, -0.2) is 6.04 Å². The fraction of sp³-hybridized carbons (Fsp3) is 0.462. The molecule has 3 heteroatoms. The Morgan fingerprint density at radius 1 is 1.50 bits per heavy atom. The molecule has 0 bridgehead atoms. The number of nitrogens with zero attached hydrogens (tertiary/aromatic N) is 1. The molecule has 1 aliphatic rings. The van der Waals surface area contributed by atoms with Gasteiger partial charge in [-0.2, -0.15) is 5.26 Å². The van der Waals surface area contributed by atoms with Crippen molar-refractivity contribution in [2.45, 2.75) is 32.4 Å². The number of nitrogens with one attached hydrogen (secondary N) is 1. The molecule has 84 valence electrons. The summed E-state index contributed by atoms with van der Waals surface area (Å²) in [4.78, 5) is 0. The second-order valence-corrected chi connectivity index (χ2v) is 4.57. The van der Waals surface area contributed by atoms with Gasteiger partial charge in [-0.3, -0.25) is 0 Å². The van der Waals surface area contributed by atoms with Gasteiger partial charge >= 0.3 is 0 Å². The summed E-state index contributed by atoms with van der Waals surface area (Å²) in [5, 5.41) is 12.2. The van der Waals surface area contributed by atoms with Crippen molar-refractivity contribution in [1.29, 1.82) is 5.26 Å². The molecule has 0 atom stereocenters. The number of rotatable bonds is 3. The smallest absolute Gasteiger partial charge is 0.123 e. The molecule has 16 heavy (non-hydrogen) atoms. The van der Waals surface area contributed by atoms with Crippen molar-refractivity contribution >= 4 is 0 Å². The summed E-state index contributed by atoms with van der Waals surface area (Å²) in [5.74, 6) is 0.512. The van der Waals surface area contributed by atoms with Crippen molar-refractivity contribution < 1.29 is 4.39 Å². The van der Waals surface area contributed by atoms with E-state index >= 15 is 0 Å². The van der Waals surface area contributed by atoms with E-state index in [2.05, 4.69) is 18.3 Å². The van der Waals surface area contributed by atoms with Gasteiger partial charge < -0.3 is 5.32 Å². The highest BCUT2D eigenvalue weighted by atomic mass is 19.1. The molecule has 0 saturated heterocycles. The van der Waals surface area contributed by atoms with Crippen LogP contribution in [0, 0.1) is 23.1 Å². The maximum absolute atomic E-state index is 13.0. The van der Waals surface area contributed by atoms with E-state index in [9.17, 15) is 4.39 Å². The number of nitriles is 1. The van der Waals surface area contributed by atoms with Gasteiger partial charge in [0.25, 0.3) is 0 Å². The van der Waals surface area contributed by atoms with Gasteiger partial charge in [0.15, 0.2) is 0 Å². The number of hydrogen-bond donors (Lipinski definition) is 1. The largest absolute Gasteiger partial charge is 0.310 e. The summed E-state index contributed by atoms with van der Waals surface area (Å²) >= 11 is 0. The van der Waals surface area contributed by atoms with Crippen LogP contribution in [0.1, 0.15) is 30.9 Å². The van der Waals surface area contributed by atoms with Crippen LogP contribution in [0.15, 0.2) is 18.2 Å². The molecule has 1 fully saturated rings. The minimum Gasteiger partial charge on any atom is -0.310 e. The molecule has 1 N–H and O–H groups in total. The Morgan fingerprint density at radius 3 is 2.88 bits per heavy atom. The highest BCUT2D eigenvalue weighted by Gasteiger charge is 2.24. The van der Waals surface area contributed by atoms with Crippen molar-refractivity contribution in [2.24, 2.45) is 5.92 Å². The van der Waals surface area contributed by atoms with Gasteiger partial charge in [0.1, 0.15) is 5.82 Å². The third kappa shape index (κ3) is 2.40. The normalized spacial score (nSPS) is 23.6. The Balaban J connectivity index is 1.98. The molecule has 2 rings (SSSR count). The van der Waals surface area contributed by atoms with Crippen molar-refractivity contribution in [3.8, 4) is 6.07 Å². The molecule has 0 spiro atoms. The zero-order chi connectivity index (χ0) is 11.5. The lowest BCUT2D eigenvalue weighted by Gasteiger charge is -2.33. The third-order valence-electron chi connectivity index (χ3n) is 3.14. The number of halogens is 1. The van der Waals surface area contributed by atoms with Crippen LogP contribution in [0.2, 0.25) is 0 Å². The first-order chi connectivity index (χ1) is 7.69. The third-order valence-corrected chi connectivity index (χ3v) is 3.14. The van der Waals surface area contributed by atoms with Crippen molar-refractivity contribution in [2.75, 3.05) is 0 Å². The summed E-state index contributed by atoms with van der Waals surface area (Å²) in [5.41, 5.74) is 1.31. The molecule has 0 aromatic heterocycles. The van der Waals surface area contributed by atoms with E-state index in [-0.39, 0.29) is 5.82 Å². The summed E-state index contributed by atoms with van der Waals surface area (Å²) in [6.45, 7) is 2.80. The number of hydrogen-bond acceptors (Lipinski definition) is 2. The van der Waals surface area contributed by atoms with Crippen molar-refractivity contribution in [1.82, 2.24) is 5.32 Å². The first kappa shape index (κ1) is 11.1. The Labute approximate surface area is 95.1 Å². The molecule has 1 aliphatic carbocycles. The standard InChI is InChI=1S/C13H15FN2/c1-9-4-13(5-9)16-8-11-6-12(14)3-2-10(11)7-15/h2-3,6,9,13,16H,4-5,8H2,1H3. The van der Waals surface area contributed by atoms with E-state index in [0.29, 0.717) is 18.2 Å². The fourth-order valence-electron chi connectivity index (χ4n) is 2.14. The zero-order valence-electron chi connectivity index (χ0n) is 9.33. The van der Waals surface area contributed by atoms with Gasteiger partial charge in [-0.05, 0) is 42.5 Å². The van der Waals surface area contributed by atoms with E-state index < -0.39 is 0 Å². The average Bonchev–Trinajstić information content (AvgIpc) is 2.23. The monoisotopic (exact) mass is 218 g/mol. The molecule has 1 aromatic rings. The van der Waals surface area contributed by atoms with Gasteiger partial charge in [-0.1, -0.05) is 6.92 Å². The van der Waals surface area contributed by atoms with E-state index in [4.69, 9.17) is 5.26 Å².